The van der Waals surface area contributed by atoms with Crippen molar-refractivity contribution in [3.05, 3.63) is 52.8 Å². The van der Waals surface area contributed by atoms with Crippen molar-refractivity contribution in [3.63, 3.8) is 0 Å². The van der Waals surface area contributed by atoms with Crippen LogP contribution in [-0.4, -0.2) is 25.7 Å². The van der Waals surface area contributed by atoms with E-state index in [1.165, 1.54) is 0 Å². The summed E-state index contributed by atoms with van der Waals surface area (Å²) in [5.41, 5.74) is 2.13. The van der Waals surface area contributed by atoms with Crippen LogP contribution in [0, 0.1) is 5.82 Å². The normalized spacial score (nSPS) is 15.5. The van der Waals surface area contributed by atoms with Crippen molar-refractivity contribution in [1.29, 1.82) is 0 Å². The van der Waals surface area contributed by atoms with E-state index in [2.05, 4.69) is 10.6 Å². The van der Waals surface area contributed by atoms with Gasteiger partial charge in [0.2, 0.25) is 0 Å². The number of rotatable bonds is 2. The molecule has 124 valence electrons. The first kappa shape index (κ1) is 15.0. The topological polar surface area (TPSA) is 59.6 Å². The second-order valence-corrected chi connectivity index (χ2v) is 5.78. The molecule has 2 aromatic rings. The second-order valence-electron chi connectivity index (χ2n) is 5.78. The molecule has 0 fully saturated rings. The maximum Gasteiger partial charge on any atom is 0.259 e. The molecule has 5 nitrogen and oxygen atoms in total. The molecule has 0 saturated carbocycles. The van der Waals surface area contributed by atoms with Gasteiger partial charge in [0.25, 0.3) is 5.91 Å². The van der Waals surface area contributed by atoms with Crippen LogP contribution >= 0.6 is 0 Å². The number of amides is 1. The van der Waals surface area contributed by atoms with E-state index in [4.69, 9.17) is 9.47 Å². The molecule has 1 amide bonds. The predicted octanol–water partition coefficient (Wildman–Crippen LogP) is 2.49. The third-order valence-corrected chi connectivity index (χ3v) is 4.27. The molecule has 2 N–H and O–H groups in total. The second kappa shape index (κ2) is 6.13. The van der Waals surface area contributed by atoms with Crippen molar-refractivity contribution in [1.82, 2.24) is 5.32 Å². The van der Waals surface area contributed by atoms with E-state index in [-0.39, 0.29) is 11.5 Å². The number of carbonyl (C=O) groups excluding carboxylic acids is 1. The van der Waals surface area contributed by atoms with Gasteiger partial charge in [-0.25, -0.2) is 4.39 Å². The van der Waals surface area contributed by atoms with Crippen molar-refractivity contribution in [3.8, 4) is 11.5 Å². The molecule has 0 radical (unpaired) electrons. The highest BCUT2D eigenvalue weighted by atomic mass is 19.1. The monoisotopic (exact) mass is 328 g/mol. The number of halogens is 1. The molecule has 24 heavy (non-hydrogen) atoms. The summed E-state index contributed by atoms with van der Waals surface area (Å²) in [5, 5.41) is 5.86. The van der Waals surface area contributed by atoms with Crippen LogP contribution in [-0.2, 0) is 13.0 Å². The average molecular weight is 328 g/mol. The van der Waals surface area contributed by atoms with Gasteiger partial charge in [-0.2, -0.15) is 0 Å². The largest absolute Gasteiger partial charge is 0.486 e. The zero-order chi connectivity index (χ0) is 16.5. The van der Waals surface area contributed by atoms with Gasteiger partial charge in [0.1, 0.15) is 19.0 Å². The summed E-state index contributed by atoms with van der Waals surface area (Å²) in [6, 6.07) is 8.56. The van der Waals surface area contributed by atoms with Crippen LogP contribution in [0.1, 0.15) is 21.5 Å². The van der Waals surface area contributed by atoms with Gasteiger partial charge in [0, 0.05) is 6.54 Å². The van der Waals surface area contributed by atoms with Gasteiger partial charge in [0.05, 0.1) is 11.3 Å². The molecule has 0 unspecified atom stereocenters. The van der Waals surface area contributed by atoms with Crippen LogP contribution in [0.2, 0.25) is 0 Å². The maximum absolute atomic E-state index is 14.7. The Bertz CT molecular complexity index is 807. The zero-order valence-electron chi connectivity index (χ0n) is 13.0. The summed E-state index contributed by atoms with van der Waals surface area (Å²) in [6.07, 6.45) is 0.614. The Morgan fingerprint density at radius 2 is 2.04 bits per heavy atom. The third kappa shape index (κ3) is 2.59. The summed E-state index contributed by atoms with van der Waals surface area (Å²) in [7, 11) is 0. The van der Waals surface area contributed by atoms with Crippen LogP contribution in [0.3, 0.4) is 0 Å². The van der Waals surface area contributed by atoms with Crippen LogP contribution < -0.4 is 20.1 Å². The number of carbonyl (C=O) groups is 1. The Morgan fingerprint density at radius 1 is 1.17 bits per heavy atom. The van der Waals surface area contributed by atoms with E-state index < -0.39 is 5.91 Å². The minimum absolute atomic E-state index is 0.190. The highest BCUT2D eigenvalue weighted by molar-refractivity contribution is 6.06. The standard InChI is InChI=1S/C18H17FN2O3/c19-16-12-6-7-20-10-11(12)4-5-14(16)21-18(22)13-2-1-3-15-17(13)24-9-8-23-15/h1-5,20H,6-10H2,(H,21,22). The number of fused-ring (bicyclic) bond motifs is 2. The Morgan fingerprint density at radius 3 is 2.96 bits per heavy atom. The lowest BCUT2D eigenvalue weighted by atomic mass is 9.99. The fourth-order valence-corrected chi connectivity index (χ4v) is 3.07. The molecular formula is C18H17FN2O3. The number of hydrogen-bond acceptors (Lipinski definition) is 4. The predicted molar refractivity (Wildman–Crippen MR) is 87.2 cm³/mol. The Balaban J connectivity index is 1.63. The fraction of sp³-hybridized carbons (Fsp3) is 0.278. The maximum atomic E-state index is 14.7. The van der Waals surface area contributed by atoms with Gasteiger partial charge < -0.3 is 20.1 Å². The van der Waals surface area contributed by atoms with E-state index in [9.17, 15) is 9.18 Å². The lowest BCUT2D eigenvalue weighted by Crippen LogP contribution is -2.25. The lowest BCUT2D eigenvalue weighted by molar-refractivity contribution is 0.101. The summed E-state index contributed by atoms with van der Waals surface area (Å²) < 4.78 is 25.7. The van der Waals surface area contributed by atoms with E-state index >= 15 is 0 Å². The molecule has 2 heterocycles. The highest BCUT2D eigenvalue weighted by Gasteiger charge is 2.22. The molecule has 2 aromatic carbocycles. The summed E-state index contributed by atoms with van der Waals surface area (Å²) >= 11 is 0. The minimum atomic E-state index is -0.412. The van der Waals surface area contributed by atoms with Crippen molar-refractivity contribution in [2.24, 2.45) is 0 Å². The van der Waals surface area contributed by atoms with Gasteiger partial charge in [-0.15, -0.1) is 0 Å². The molecule has 0 bridgehead atoms. The fourth-order valence-electron chi connectivity index (χ4n) is 3.07. The van der Waals surface area contributed by atoms with Crippen LogP contribution in [0.25, 0.3) is 0 Å². The first-order chi connectivity index (χ1) is 11.7. The van der Waals surface area contributed by atoms with Crippen molar-refractivity contribution in [2.75, 3.05) is 25.1 Å². The highest BCUT2D eigenvalue weighted by Crippen LogP contribution is 2.34. The van der Waals surface area contributed by atoms with Crippen molar-refractivity contribution >= 4 is 11.6 Å². The number of hydrogen-bond donors (Lipinski definition) is 2. The van der Waals surface area contributed by atoms with Crippen molar-refractivity contribution < 1.29 is 18.7 Å². The van der Waals surface area contributed by atoms with Gasteiger partial charge in [-0.3, -0.25) is 4.79 Å². The molecule has 4 rings (SSSR count). The van der Waals surface area contributed by atoms with E-state index in [1.54, 1.807) is 24.3 Å². The van der Waals surface area contributed by atoms with Crippen LogP contribution in [0.5, 0.6) is 11.5 Å². The van der Waals surface area contributed by atoms with Crippen LogP contribution in [0.4, 0.5) is 10.1 Å². The Labute approximate surface area is 138 Å². The van der Waals surface area contributed by atoms with Crippen LogP contribution in [0.15, 0.2) is 30.3 Å². The molecule has 0 aromatic heterocycles. The minimum Gasteiger partial charge on any atom is -0.486 e. The van der Waals surface area contributed by atoms with Crippen molar-refractivity contribution in [2.45, 2.75) is 13.0 Å². The number of para-hydroxylation sites is 1. The SMILES string of the molecule is O=C(Nc1ccc2c(c1F)CCNC2)c1cccc2c1OCCO2. The number of benzene rings is 2. The molecule has 0 saturated heterocycles. The number of anilines is 1. The lowest BCUT2D eigenvalue weighted by Gasteiger charge is -2.21. The van der Waals surface area contributed by atoms with Gasteiger partial charge in [-0.1, -0.05) is 12.1 Å². The smallest absolute Gasteiger partial charge is 0.259 e. The zero-order valence-corrected chi connectivity index (χ0v) is 13.0. The van der Waals surface area contributed by atoms with E-state index in [1.807, 2.05) is 6.07 Å². The van der Waals surface area contributed by atoms with Gasteiger partial charge in [0.15, 0.2) is 11.5 Å². The van der Waals surface area contributed by atoms with Gasteiger partial charge in [-0.05, 0) is 42.3 Å². The number of nitrogens with one attached hydrogen (secondary N) is 2. The number of ether oxygens (including phenoxy) is 2. The molecule has 0 atom stereocenters. The summed E-state index contributed by atoms with van der Waals surface area (Å²) in [6.45, 7) is 2.22. The Kier molecular flexibility index (Phi) is 3.82. The first-order valence-corrected chi connectivity index (χ1v) is 7.95. The summed E-state index contributed by atoms with van der Waals surface area (Å²) in [4.78, 5) is 12.6. The Hall–Kier alpha value is -2.60. The first-order valence-electron chi connectivity index (χ1n) is 7.95. The van der Waals surface area contributed by atoms with Gasteiger partial charge >= 0.3 is 0 Å². The molecule has 0 aliphatic carbocycles. The third-order valence-electron chi connectivity index (χ3n) is 4.27. The molecule has 2 aliphatic heterocycles. The quantitative estimate of drug-likeness (QED) is 0.889. The molecule has 6 heteroatoms. The molecular weight excluding hydrogens is 311 g/mol. The van der Waals surface area contributed by atoms with E-state index in [0.29, 0.717) is 48.8 Å². The molecule has 2 aliphatic rings. The summed E-state index contributed by atoms with van der Waals surface area (Å²) in [5.74, 6) is 0.171. The average Bonchev–Trinajstić information content (AvgIpc) is 2.63. The van der Waals surface area contributed by atoms with E-state index in [0.717, 1.165) is 12.1 Å². The molecule has 0 spiro atoms.